The SMILES string of the molecule is Cc1ccc(NC(=S)Nc2c(C)n(C)n(-c3ccccc3)c2=O)c(F)c1. The zero-order chi connectivity index (χ0) is 18.8. The fourth-order valence-electron chi connectivity index (χ4n) is 2.70. The van der Waals surface area contributed by atoms with Crippen LogP contribution in [0.15, 0.2) is 53.3 Å². The Hall–Kier alpha value is -2.93. The van der Waals surface area contributed by atoms with Gasteiger partial charge in [-0.2, -0.15) is 0 Å². The third-order valence-corrected chi connectivity index (χ3v) is 4.37. The maximum absolute atomic E-state index is 14.0. The molecule has 1 heterocycles. The lowest BCUT2D eigenvalue weighted by Gasteiger charge is -2.10. The molecule has 2 aromatic carbocycles. The molecule has 0 bridgehead atoms. The van der Waals surface area contributed by atoms with Crippen molar-refractivity contribution in [2.45, 2.75) is 13.8 Å². The van der Waals surface area contributed by atoms with E-state index in [-0.39, 0.29) is 16.4 Å². The summed E-state index contributed by atoms with van der Waals surface area (Å²) in [4.78, 5) is 12.8. The highest BCUT2D eigenvalue weighted by atomic mass is 32.1. The fraction of sp³-hybridized carbons (Fsp3) is 0.158. The summed E-state index contributed by atoms with van der Waals surface area (Å²) in [6.07, 6.45) is 0. The summed E-state index contributed by atoms with van der Waals surface area (Å²) in [6, 6.07) is 14.1. The normalized spacial score (nSPS) is 10.6. The minimum absolute atomic E-state index is 0.152. The van der Waals surface area contributed by atoms with E-state index in [1.807, 2.05) is 44.2 Å². The monoisotopic (exact) mass is 370 g/mol. The quantitative estimate of drug-likeness (QED) is 0.690. The van der Waals surface area contributed by atoms with Crippen molar-refractivity contribution in [3.63, 3.8) is 0 Å². The number of hydrogen-bond acceptors (Lipinski definition) is 2. The number of para-hydroxylation sites is 1. The molecule has 0 aliphatic heterocycles. The molecule has 7 heteroatoms. The van der Waals surface area contributed by atoms with Crippen LogP contribution in [-0.4, -0.2) is 14.5 Å². The molecule has 1 aromatic heterocycles. The molecule has 26 heavy (non-hydrogen) atoms. The van der Waals surface area contributed by atoms with Gasteiger partial charge in [-0.05, 0) is 55.9 Å². The molecule has 134 valence electrons. The number of thiocarbonyl (C=S) groups is 1. The van der Waals surface area contributed by atoms with Crippen LogP contribution in [0.1, 0.15) is 11.3 Å². The lowest BCUT2D eigenvalue weighted by Crippen LogP contribution is -2.25. The van der Waals surface area contributed by atoms with Gasteiger partial charge in [-0.3, -0.25) is 9.48 Å². The van der Waals surface area contributed by atoms with Crippen molar-refractivity contribution in [3.05, 3.63) is 76.0 Å². The van der Waals surface area contributed by atoms with Gasteiger partial charge in [0.2, 0.25) is 0 Å². The van der Waals surface area contributed by atoms with Crippen molar-refractivity contribution in [2.75, 3.05) is 10.6 Å². The Morgan fingerprint density at radius 1 is 1.08 bits per heavy atom. The minimum Gasteiger partial charge on any atom is -0.330 e. The Morgan fingerprint density at radius 2 is 1.77 bits per heavy atom. The summed E-state index contributed by atoms with van der Waals surface area (Å²) in [6.45, 7) is 3.63. The number of nitrogens with zero attached hydrogens (tertiary/aromatic N) is 2. The van der Waals surface area contributed by atoms with E-state index in [2.05, 4.69) is 10.6 Å². The van der Waals surface area contributed by atoms with Crippen LogP contribution >= 0.6 is 12.2 Å². The second-order valence-corrected chi connectivity index (χ2v) is 6.41. The first-order valence-corrected chi connectivity index (χ1v) is 8.47. The van der Waals surface area contributed by atoms with E-state index in [9.17, 15) is 9.18 Å². The lowest BCUT2D eigenvalue weighted by atomic mass is 10.2. The standard InChI is InChI=1S/C19H19FN4OS/c1-12-9-10-16(15(20)11-12)21-19(26)22-17-13(2)23(3)24(18(17)25)14-7-5-4-6-8-14/h4-11H,1-3H3,(H2,21,22,26). The van der Waals surface area contributed by atoms with Crippen molar-refractivity contribution >= 4 is 28.7 Å². The van der Waals surface area contributed by atoms with E-state index in [0.29, 0.717) is 11.4 Å². The van der Waals surface area contributed by atoms with Crippen LogP contribution < -0.4 is 16.2 Å². The Bertz CT molecular complexity index is 1020. The van der Waals surface area contributed by atoms with Crippen molar-refractivity contribution in [1.82, 2.24) is 9.36 Å². The summed E-state index contributed by atoms with van der Waals surface area (Å²) in [5.41, 5.74) is 2.65. The van der Waals surface area contributed by atoms with E-state index in [4.69, 9.17) is 12.2 Å². The molecule has 0 radical (unpaired) electrons. The van der Waals surface area contributed by atoms with Crippen LogP contribution in [0.3, 0.4) is 0 Å². The molecular weight excluding hydrogens is 351 g/mol. The van der Waals surface area contributed by atoms with Crippen LogP contribution in [0.25, 0.3) is 5.69 Å². The highest BCUT2D eigenvalue weighted by Gasteiger charge is 2.17. The van der Waals surface area contributed by atoms with Gasteiger partial charge in [-0.15, -0.1) is 0 Å². The molecule has 0 spiro atoms. The van der Waals surface area contributed by atoms with Crippen LogP contribution in [-0.2, 0) is 7.05 Å². The zero-order valence-corrected chi connectivity index (χ0v) is 15.5. The van der Waals surface area contributed by atoms with Crippen LogP contribution in [0.4, 0.5) is 15.8 Å². The van der Waals surface area contributed by atoms with Gasteiger partial charge in [0.25, 0.3) is 5.56 Å². The van der Waals surface area contributed by atoms with Crippen molar-refractivity contribution in [1.29, 1.82) is 0 Å². The molecule has 5 nitrogen and oxygen atoms in total. The van der Waals surface area contributed by atoms with Crippen LogP contribution in [0.2, 0.25) is 0 Å². The van der Waals surface area contributed by atoms with E-state index >= 15 is 0 Å². The van der Waals surface area contributed by atoms with Gasteiger partial charge in [0.05, 0.1) is 17.1 Å². The van der Waals surface area contributed by atoms with Gasteiger partial charge in [0, 0.05) is 7.05 Å². The first kappa shape index (κ1) is 17.9. The molecule has 0 aliphatic rings. The first-order chi connectivity index (χ1) is 12.4. The summed E-state index contributed by atoms with van der Waals surface area (Å²) in [7, 11) is 1.80. The molecule has 3 rings (SSSR count). The van der Waals surface area contributed by atoms with Gasteiger partial charge in [0.1, 0.15) is 11.5 Å². The van der Waals surface area contributed by atoms with Gasteiger partial charge >= 0.3 is 0 Å². The molecule has 0 saturated carbocycles. The summed E-state index contributed by atoms with van der Waals surface area (Å²) < 4.78 is 17.3. The third-order valence-electron chi connectivity index (χ3n) is 4.17. The number of rotatable bonds is 3. The van der Waals surface area contributed by atoms with Gasteiger partial charge in [-0.1, -0.05) is 24.3 Å². The van der Waals surface area contributed by atoms with Crippen molar-refractivity contribution < 1.29 is 4.39 Å². The molecule has 0 saturated heterocycles. The van der Waals surface area contributed by atoms with Crippen molar-refractivity contribution in [2.24, 2.45) is 7.05 Å². The average Bonchev–Trinajstić information content (AvgIpc) is 2.82. The largest absolute Gasteiger partial charge is 0.330 e. The smallest absolute Gasteiger partial charge is 0.295 e. The number of halogens is 1. The second-order valence-electron chi connectivity index (χ2n) is 6.00. The predicted molar refractivity (Wildman–Crippen MR) is 107 cm³/mol. The van der Waals surface area contributed by atoms with E-state index < -0.39 is 5.82 Å². The molecule has 0 unspecified atom stereocenters. The maximum atomic E-state index is 14.0. The predicted octanol–water partition coefficient (Wildman–Crippen LogP) is 3.74. The van der Waals surface area contributed by atoms with E-state index in [1.54, 1.807) is 28.5 Å². The first-order valence-electron chi connectivity index (χ1n) is 8.06. The van der Waals surface area contributed by atoms with Crippen LogP contribution in [0, 0.1) is 19.7 Å². The number of benzene rings is 2. The number of aryl methyl sites for hydroxylation is 1. The number of aromatic nitrogens is 2. The average molecular weight is 370 g/mol. The van der Waals surface area contributed by atoms with Gasteiger partial charge < -0.3 is 10.6 Å². The Morgan fingerprint density at radius 3 is 2.42 bits per heavy atom. The van der Waals surface area contributed by atoms with Crippen LogP contribution in [0.5, 0.6) is 0 Å². The lowest BCUT2D eigenvalue weighted by molar-refractivity contribution is 0.630. The highest BCUT2D eigenvalue weighted by molar-refractivity contribution is 7.80. The number of nitrogens with one attached hydrogen (secondary N) is 2. The number of hydrogen-bond donors (Lipinski definition) is 2. The minimum atomic E-state index is -0.402. The van der Waals surface area contributed by atoms with E-state index in [1.165, 1.54) is 6.07 Å². The summed E-state index contributed by atoms with van der Waals surface area (Å²) in [5, 5.41) is 5.85. The number of anilines is 2. The zero-order valence-electron chi connectivity index (χ0n) is 14.7. The summed E-state index contributed by atoms with van der Waals surface area (Å²) >= 11 is 5.25. The maximum Gasteiger partial charge on any atom is 0.295 e. The Labute approximate surface area is 156 Å². The van der Waals surface area contributed by atoms with Crippen molar-refractivity contribution in [3.8, 4) is 5.69 Å². The third kappa shape index (κ3) is 3.39. The molecule has 0 amide bonds. The topological polar surface area (TPSA) is 51.0 Å². The van der Waals surface area contributed by atoms with Gasteiger partial charge in [-0.25, -0.2) is 9.07 Å². The molecule has 3 aromatic rings. The Balaban J connectivity index is 1.88. The molecular formula is C19H19FN4OS. The summed E-state index contributed by atoms with van der Waals surface area (Å²) in [5.74, 6) is -0.402. The van der Waals surface area contributed by atoms with E-state index in [0.717, 1.165) is 11.3 Å². The highest BCUT2D eigenvalue weighted by Crippen LogP contribution is 2.17. The fourth-order valence-corrected chi connectivity index (χ4v) is 2.91. The molecule has 0 atom stereocenters. The van der Waals surface area contributed by atoms with Gasteiger partial charge in [0.15, 0.2) is 5.11 Å². The molecule has 0 aliphatic carbocycles. The Kier molecular flexibility index (Phi) is 4.90. The molecule has 2 N–H and O–H groups in total. The molecule has 0 fully saturated rings. The second kappa shape index (κ2) is 7.13.